The molecule has 0 aliphatic rings. The molecule has 0 amide bonds. The number of nitrogens with one attached hydrogen (secondary N) is 1. The van der Waals surface area contributed by atoms with Crippen molar-refractivity contribution in [3.8, 4) is 5.75 Å². The molecule has 2 rings (SSSR count). The topological polar surface area (TPSA) is 98.5 Å². The van der Waals surface area contributed by atoms with Gasteiger partial charge in [0.1, 0.15) is 0 Å². The zero-order valence-corrected chi connectivity index (χ0v) is 12.5. The summed E-state index contributed by atoms with van der Waals surface area (Å²) in [6, 6.07) is 8.45. The van der Waals surface area contributed by atoms with Gasteiger partial charge in [-0.05, 0) is 24.3 Å². The van der Waals surface area contributed by atoms with Gasteiger partial charge in [-0.1, -0.05) is 12.1 Å². The van der Waals surface area contributed by atoms with E-state index in [-0.39, 0.29) is 10.6 Å². The highest BCUT2D eigenvalue weighted by molar-refractivity contribution is 7.92. The van der Waals surface area contributed by atoms with Gasteiger partial charge in [0.05, 0.1) is 15.5 Å². The molecule has 7 nitrogen and oxygen atoms in total. The molecule has 11 heteroatoms. The molecule has 0 aromatic heterocycles. The van der Waals surface area contributed by atoms with Crippen LogP contribution in [0.15, 0.2) is 53.4 Å². The van der Waals surface area contributed by atoms with Crippen LogP contribution in [0.2, 0.25) is 0 Å². The maximum atomic E-state index is 12.3. The Bertz CT molecular complexity index is 851. The molecule has 0 radical (unpaired) electrons. The van der Waals surface area contributed by atoms with Crippen molar-refractivity contribution < 1.29 is 31.2 Å². The molecule has 0 bridgehead atoms. The molecule has 0 fully saturated rings. The molecule has 0 atom stereocenters. The monoisotopic (exact) mass is 362 g/mol. The van der Waals surface area contributed by atoms with Gasteiger partial charge in [0, 0.05) is 12.1 Å². The van der Waals surface area contributed by atoms with E-state index in [1.165, 1.54) is 12.1 Å². The summed E-state index contributed by atoms with van der Waals surface area (Å²) >= 11 is 0. The summed E-state index contributed by atoms with van der Waals surface area (Å²) in [4.78, 5) is 9.48. The summed E-state index contributed by atoms with van der Waals surface area (Å²) in [6.45, 7) is 0. The number of hydrogen-bond donors (Lipinski definition) is 1. The number of non-ortho nitro benzene ring substituents is 1. The number of anilines is 1. The minimum absolute atomic E-state index is 0.324. The summed E-state index contributed by atoms with van der Waals surface area (Å²) in [6.07, 6.45) is -4.99. The van der Waals surface area contributed by atoms with Crippen LogP contribution in [0.25, 0.3) is 0 Å². The van der Waals surface area contributed by atoms with E-state index in [1.807, 2.05) is 4.72 Å². The smallest absolute Gasteiger partial charge is 0.404 e. The molecule has 2 aromatic carbocycles. The third-order valence-electron chi connectivity index (χ3n) is 2.71. The van der Waals surface area contributed by atoms with Crippen LogP contribution in [-0.4, -0.2) is 19.7 Å². The summed E-state index contributed by atoms with van der Waals surface area (Å²) in [5.74, 6) is -0.726. The Kier molecular flexibility index (Phi) is 4.64. The summed E-state index contributed by atoms with van der Waals surface area (Å²) in [7, 11) is -4.25. The lowest BCUT2D eigenvalue weighted by Crippen LogP contribution is -2.19. The highest BCUT2D eigenvalue weighted by Gasteiger charge is 2.32. The molecule has 0 aliphatic heterocycles. The van der Waals surface area contributed by atoms with Gasteiger partial charge >= 0.3 is 6.36 Å². The van der Waals surface area contributed by atoms with E-state index in [0.717, 1.165) is 36.4 Å². The minimum atomic E-state index is -4.99. The van der Waals surface area contributed by atoms with Crippen LogP contribution in [0.5, 0.6) is 5.75 Å². The minimum Gasteiger partial charge on any atom is -0.404 e. The molecule has 0 saturated carbocycles. The molecule has 128 valence electrons. The molecule has 24 heavy (non-hydrogen) atoms. The highest BCUT2D eigenvalue weighted by atomic mass is 32.2. The van der Waals surface area contributed by atoms with Gasteiger partial charge in [-0.25, -0.2) is 8.42 Å². The third-order valence-corrected chi connectivity index (χ3v) is 4.10. The molecule has 0 heterocycles. The zero-order valence-electron chi connectivity index (χ0n) is 11.6. The number of para-hydroxylation sites is 2. The lowest BCUT2D eigenvalue weighted by molar-refractivity contribution is -0.384. The molecule has 0 aliphatic carbocycles. The fourth-order valence-electron chi connectivity index (χ4n) is 1.72. The number of nitrogens with zero attached hydrogens (tertiary/aromatic N) is 1. The van der Waals surface area contributed by atoms with Crippen molar-refractivity contribution in [3.63, 3.8) is 0 Å². The van der Waals surface area contributed by atoms with Gasteiger partial charge in [0.2, 0.25) is 0 Å². The van der Waals surface area contributed by atoms with Gasteiger partial charge in [-0.2, -0.15) is 0 Å². The second kappa shape index (κ2) is 6.35. The number of nitro groups is 1. The second-order valence-corrected chi connectivity index (χ2v) is 6.08. The summed E-state index contributed by atoms with van der Waals surface area (Å²) in [5.41, 5.74) is -0.747. The molecule has 1 N–H and O–H groups in total. The predicted octanol–water partition coefficient (Wildman–Crippen LogP) is 3.29. The second-order valence-electron chi connectivity index (χ2n) is 4.40. The SMILES string of the molecule is O=[N+]([O-])c1ccc(S(=O)(=O)Nc2ccccc2OC(F)(F)F)cc1. The number of halogens is 3. The van der Waals surface area contributed by atoms with Crippen molar-refractivity contribution in [2.24, 2.45) is 0 Å². The van der Waals surface area contributed by atoms with Crippen molar-refractivity contribution in [2.75, 3.05) is 4.72 Å². The van der Waals surface area contributed by atoms with Crippen LogP contribution < -0.4 is 9.46 Å². The maximum Gasteiger partial charge on any atom is 0.573 e. The van der Waals surface area contributed by atoms with Gasteiger partial charge in [-0.15, -0.1) is 13.2 Å². The van der Waals surface area contributed by atoms with Gasteiger partial charge in [-0.3, -0.25) is 14.8 Å². The number of rotatable bonds is 5. The standard InChI is InChI=1S/C13H9F3N2O5S/c14-13(15,16)23-12-4-2-1-3-11(12)17-24(21,22)10-7-5-9(6-8-10)18(19)20/h1-8,17H. The maximum absolute atomic E-state index is 12.3. The van der Waals surface area contributed by atoms with E-state index in [0.29, 0.717) is 0 Å². The molecule has 0 unspecified atom stereocenters. The Morgan fingerprint density at radius 2 is 1.62 bits per heavy atom. The lowest BCUT2D eigenvalue weighted by Gasteiger charge is -2.14. The van der Waals surface area contributed by atoms with Crippen LogP contribution in [-0.2, 0) is 10.0 Å². The number of benzene rings is 2. The Morgan fingerprint density at radius 3 is 2.17 bits per heavy atom. The summed E-state index contributed by atoms with van der Waals surface area (Å²) in [5, 5.41) is 10.5. The fraction of sp³-hybridized carbons (Fsp3) is 0.0769. The van der Waals surface area contributed by atoms with Crippen LogP contribution in [0.1, 0.15) is 0 Å². The first kappa shape index (κ1) is 17.5. The fourth-order valence-corrected chi connectivity index (χ4v) is 2.79. The van der Waals surface area contributed by atoms with E-state index >= 15 is 0 Å². The Labute approximate surface area is 133 Å². The third kappa shape index (κ3) is 4.35. The van der Waals surface area contributed by atoms with E-state index in [2.05, 4.69) is 4.74 Å². The molecular weight excluding hydrogens is 353 g/mol. The van der Waals surface area contributed by atoms with Crippen LogP contribution in [0.3, 0.4) is 0 Å². The average Bonchev–Trinajstić information content (AvgIpc) is 2.48. The Balaban J connectivity index is 2.31. The van der Waals surface area contributed by atoms with E-state index < -0.39 is 32.7 Å². The average molecular weight is 362 g/mol. The van der Waals surface area contributed by atoms with Crippen molar-refractivity contribution in [1.29, 1.82) is 0 Å². The Hall–Kier alpha value is -2.82. The molecule has 2 aromatic rings. The van der Waals surface area contributed by atoms with Crippen LogP contribution >= 0.6 is 0 Å². The van der Waals surface area contributed by atoms with Crippen molar-refractivity contribution >= 4 is 21.4 Å². The first-order valence-electron chi connectivity index (χ1n) is 6.20. The van der Waals surface area contributed by atoms with E-state index in [9.17, 15) is 31.7 Å². The van der Waals surface area contributed by atoms with Crippen molar-refractivity contribution in [3.05, 3.63) is 58.6 Å². The Morgan fingerprint density at radius 1 is 1.04 bits per heavy atom. The molecular formula is C13H9F3N2O5S. The van der Waals surface area contributed by atoms with Crippen molar-refractivity contribution in [1.82, 2.24) is 0 Å². The van der Waals surface area contributed by atoms with Gasteiger partial charge < -0.3 is 4.74 Å². The normalized spacial score (nSPS) is 11.8. The molecule has 0 spiro atoms. The number of hydrogen-bond acceptors (Lipinski definition) is 5. The molecule has 0 saturated heterocycles. The van der Waals surface area contributed by atoms with Gasteiger partial charge in [0.25, 0.3) is 15.7 Å². The van der Waals surface area contributed by atoms with E-state index in [1.54, 1.807) is 0 Å². The van der Waals surface area contributed by atoms with Crippen molar-refractivity contribution in [2.45, 2.75) is 11.3 Å². The lowest BCUT2D eigenvalue weighted by atomic mass is 10.3. The van der Waals surface area contributed by atoms with Gasteiger partial charge in [0.15, 0.2) is 5.75 Å². The largest absolute Gasteiger partial charge is 0.573 e. The highest BCUT2D eigenvalue weighted by Crippen LogP contribution is 2.31. The van der Waals surface area contributed by atoms with E-state index in [4.69, 9.17) is 0 Å². The number of alkyl halides is 3. The first-order chi connectivity index (χ1) is 11.1. The quantitative estimate of drug-likeness (QED) is 0.650. The zero-order chi connectivity index (χ0) is 18.0. The summed E-state index contributed by atoms with van der Waals surface area (Å²) < 4.78 is 67.1. The number of nitro benzene ring substituents is 1. The van der Waals surface area contributed by atoms with Crippen LogP contribution in [0.4, 0.5) is 24.5 Å². The van der Waals surface area contributed by atoms with Crippen LogP contribution in [0, 0.1) is 10.1 Å². The first-order valence-corrected chi connectivity index (χ1v) is 7.69. The number of ether oxygens (including phenoxy) is 1. The predicted molar refractivity (Wildman–Crippen MR) is 77.0 cm³/mol. The number of sulfonamides is 1.